The van der Waals surface area contributed by atoms with Crippen LogP contribution < -0.4 is 0 Å². The van der Waals surface area contributed by atoms with Gasteiger partial charge in [-0.1, -0.05) is 6.07 Å². The number of benzene rings is 1. The van der Waals surface area contributed by atoms with E-state index in [2.05, 4.69) is 37.1 Å². The average Bonchev–Trinajstić information content (AvgIpc) is 2.58. The fourth-order valence-electron chi connectivity index (χ4n) is 2.15. The molecule has 0 N–H and O–H groups in total. The normalized spacial score (nSPS) is 10.7. The van der Waals surface area contributed by atoms with Gasteiger partial charge in [0.2, 0.25) is 0 Å². The molecular formula is C15H18N2O. The lowest BCUT2D eigenvalue weighted by Crippen LogP contribution is -1.96. The molecule has 0 unspecified atom stereocenters. The molecule has 0 fully saturated rings. The van der Waals surface area contributed by atoms with Crippen molar-refractivity contribution in [2.75, 3.05) is 0 Å². The number of rotatable bonds is 3. The summed E-state index contributed by atoms with van der Waals surface area (Å²) in [7, 11) is 0. The summed E-state index contributed by atoms with van der Waals surface area (Å²) in [6.45, 7) is 7.69. The van der Waals surface area contributed by atoms with E-state index < -0.39 is 0 Å². The van der Waals surface area contributed by atoms with Crippen molar-refractivity contribution in [1.82, 2.24) is 9.78 Å². The zero-order valence-corrected chi connectivity index (χ0v) is 11.3. The van der Waals surface area contributed by atoms with Crippen molar-refractivity contribution in [1.29, 1.82) is 0 Å². The first-order valence-electron chi connectivity index (χ1n) is 6.09. The van der Waals surface area contributed by atoms with Gasteiger partial charge < -0.3 is 0 Å². The zero-order valence-electron chi connectivity index (χ0n) is 11.3. The molecule has 1 aromatic carbocycles. The lowest BCUT2D eigenvalue weighted by Gasteiger charge is -2.04. The summed E-state index contributed by atoms with van der Waals surface area (Å²) < 4.78 is 1.85. The fraction of sp³-hybridized carbons (Fsp3) is 0.333. The van der Waals surface area contributed by atoms with Crippen LogP contribution in [0, 0.1) is 20.8 Å². The molecular weight excluding hydrogens is 224 g/mol. The van der Waals surface area contributed by atoms with Gasteiger partial charge in [0.1, 0.15) is 5.78 Å². The predicted octanol–water partition coefficient (Wildman–Crippen LogP) is 2.93. The van der Waals surface area contributed by atoms with E-state index in [4.69, 9.17) is 0 Å². The van der Waals surface area contributed by atoms with Crippen LogP contribution in [-0.4, -0.2) is 15.6 Å². The van der Waals surface area contributed by atoms with Crippen LogP contribution in [0.3, 0.4) is 0 Å². The number of Topliss-reactive ketones (excluding diaryl/α,β-unsaturated/α-hetero) is 1. The Morgan fingerprint density at radius 2 is 1.78 bits per heavy atom. The van der Waals surface area contributed by atoms with Crippen molar-refractivity contribution >= 4 is 5.78 Å². The molecule has 0 aliphatic heterocycles. The second-order valence-corrected chi connectivity index (χ2v) is 4.91. The van der Waals surface area contributed by atoms with E-state index in [1.807, 2.05) is 17.8 Å². The van der Waals surface area contributed by atoms with Crippen molar-refractivity contribution in [3.05, 3.63) is 46.8 Å². The Balaban J connectivity index is 2.42. The highest BCUT2D eigenvalue weighted by atomic mass is 16.1. The van der Waals surface area contributed by atoms with Crippen LogP contribution in [0.15, 0.2) is 24.4 Å². The summed E-state index contributed by atoms with van der Waals surface area (Å²) in [5, 5.41) is 4.48. The summed E-state index contributed by atoms with van der Waals surface area (Å²) in [6.07, 6.45) is 2.40. The quantitative estimate of drug-likeness (QED) is 0.829. The molecule has 0 bridgehead atoms. The van der Waals surface area contributed by atoms with Crippen LogP contribution in [0.1, 0.15) is 29.3 Å². The van der Waals surface area contributed by atoms with Gasteiger partial charge in [0.05, 0.1) is 11.4 Å². The number of nitrogens with zero attached hydrogens (tertiary/aromatic N) is 2. The topological polar surface area (TPSA) is 34.9 Å². The minimum absolute atomic E-state index is 0.165. The van der Waals surface area contributed by atoms with Crippen molar-refractivity contribution in [2.24, 2.45) is 0 Å². The van der Waals surface area contributed by atoms with Crippen molar-refractivity contribution in [2.45, 2.75) is 34.1 Å². The van der Waals surface area contributed by atoms with Crippen molar-refractivity contribution in [3.63, 3.8) is 0 Å². The average molecular weight is 242 g/mol. The molecule has 0 saturated heterocycles. The molecule has 3 nitrogen and oxygen atoms in total. The molecule has 0 aliphatic carbocycles. The second-order valence-electron chi connectivity index (χ2n) is 4.91. The first-order valence-corrected chi connectivity index (χ1v) is 6.09. The van der Waals surface area contributed by atoms with Gasteiger partial charge in [-0.15, -0.1) is 0 Å². The van der Waals surface area contributed by atoms with Crippen LogP contribution in [0.5, 0.6) is 0 Å². The minimum Gasteiger partial charge on any atom is -0.300 e. The Morgan fingerprint density at radius 3 is 2.33 bits per heavy atom. The highest BCUT2D eigenvalue weighted by molar-refractivity contribution is 5.78. The van der Waals surface area contributed by atoms with E-state index in [-0.39, 0.29) is 5.78 Å². The smallest absolute Gasteiger partial charge is 0.134 e. The van der Waals surface area contributed by atoms with E-state index in [9.17, 15) is 4.79 Å². The molecule has 0 aliphatic rings. The van der Waals surface area contributed by atoms with E-state index in [0.29, 0.717) is 6.42 Å². The van der Waals surface area contributed by atoms with Gasteiger partial charge in [-0.05, 0) is 51.0 Å². The third-order valence-electron chi connectivity index (χ3n) is 2.91. The summed E-state index contributed by atoms with van der Waals surface area (Å²) in [4.78, 5) is 11.2. The van der Waals surface area contributed by atoms with E-state index in [0.717, 1.165) is 16.9 Å². The van der Waals surface area contributed by atoms with Crippen molar-refractivity contribution in [3.8, 4) is 5.69 Å². The lowest BCUT2D eigenvalue weighted by molar-refractivity contribution is -0.116. The van der Waals surface area contributed by atoms with Crippen molar-refractivity contribution < 1.29 is 4.79 Å². The Morgan fingerprint density at radius 1 is 1.17 bits per heavy atom. The van der Waals surface area contributed by atoms with Gasteiger partial charge in [0.25, 0.3) is 0 Å². The first kappa shape index (κ1) is 12.6. The van der Waals surface area contributed by atoms with Gasteiger partial charge in [-0.3, -0.25) is 4.79 Å². The highest BCUT2D eigenvalue weighted by Gasteiger charge is 2.08. The third-order valence-corrected chi connectivity index (χ3v) is 2.91. The molecule has 94 valence electrons. The number of aryl methyl sites for hydroxylation is 3. The van der Waals surface area contributed by atoms with Crippen LogP contribution in [0.25, 0.3) is 5.69 Å². The Kier molecular flexibility index (Phi) is 3.32. The molecule has 0 atom stereocenters. The number of carbonyl (C=O) groups is 1. The summed E-state index contributed by atoms with van der Waals surface area (Å²) in [5.41, 5.74) is 5.40. The molecule has 18 heavy (non-hydrogen) atoms. The number of hydrogen-bond acceptors (Lipinski definition) is 2. The maximum absolute atomic E-state index is 11.2. The maximum atomic E-state index is 11.2. The van der Waals surface area contributed by atoms with E-state index >= 15 is 0 Å². The SMILES string of the molecule is CC(=O)Cc1cn(-c2cc(C)cc(C)c2)nc1C. The number of hydrogen-bond donors (Lipinski definition) is 0. The third kappa shape index (κ3) is 2.67. The largest absolute Gasteiger partial charge is 0.300 e. The minimum atomic E-state index is 0.165. The molecule has 0 amide bonds. The zero-order chi connectivity index (χ0) is 13.3. The summed E-state index contributed by atoms with van der Waals surface area (Å²) >= 11 is 0. The van der Waals surface area contributed by atoms with Gasteiger partial charge in [0.15, 0.2) is 0 Å². The molecule has 1 aromatic heterocycles. The molecule has 3 heteroatoms. The fourth-order valence-corrected chi connectivity index (χ4v) is 2.15. The van der Waals surface area contributed by atoms with Gasteiger partial charge in [-0.25, -0.2) is 4.68 Å². The molecule has 2 rings (SSSR count). The van der Waals surface area contributed by atoms with Gasteiger partial charge in [-0.2, -0.15) is 5.10 Å². The maximum Gasteiger partial charge on any atom is 0.134 e. The lowest BCUT2D eigenvalue weighted by atomic mass is 10.1. The molecule has 0 saturated carbocycles. The van der Waals surface area contributed by atoms with Crippen LogP contribution >= 0.6 is 0 Å². The standard InChI is InChI=1S/C15H18N2O/c1-10-5-11(2)7-15(6-10)17-9-14(8-12(3)18)13(4)16-17/h5-7,9H,8H2,1-4H3. The van der Waals surface area contributed by atoms with E-state index in [1.165, 1.54) is 11.1 Å². The number of aromatic nitrogens is 2. The molecule has 0 radical (unpaired) electrons. The molecule has 1 heterocycles. The first-order chi connectivity index (χ1) is 8.45. The van der Waals surface area contributed by atoms with Crippen LogP contribution in [0.4, 0.5) is 0 Å². The van der Waals surface area contributed by atoms with Crippen LogP contribution in [0.2, 0.25) is 0 Å². The van der Waals surface area contributed by atoms with Crippen LogP contribution in [-0.2, 0) is 11.2 Å². The monoisotopic (exact) mass is 242 g/mol. The number of carbonyl (C=O) groups excluding carboxylic acids is 1. The second kappa shape index (κ2) is 4.77. The Hall–Kier alpha value is -1.90. The van der Waals surface area contributed by atoms with Gasteiger partial charge >= 0.3 is 0 Å². The molecule has 0 spiro atoms. The van der Waals surface area contributed by atoms with E-state index in [1.54, 1.807) is 6.92 Å². The summed E-state index contributed by atoms with van der Waals surface area (Å²) in [6, 6.07) is 6.32. The predicted molar refractivity (Wildman–Crippen MR) is 72.2 cm³/mol. The Labute approximate surface area is 107 Å². The van der Waals surface area contributed by atoms with Gasteiger partial charge in [0, 0.05) is 18.2 Å². The highest BCUT2D eigenvalue weighted by Crippen LogP contribution is 2.16. The molecule has 2 aromatic rings. The Bertz CT molecular complexity index is 576. The summed E-state index contributed by atoms with van der Waals surface area (Å²) in [5.74, 6) is 0.165. The number of ketones is 1.